The van der Waals surface area contributed by atoms with Crippen LogP contribution in [-0.4, -0.2) is 28.9 Å². The zero-order valence-corrected chi connectivity index (χ0v) is 12.8. The lowest BCUT2D eigenvalue weighted by molar-refractivity contribution is -0.157. The largest absolute Gasteiger partial charge is 0.404 e. The van der Waals surface area contributed by atoms with Crippen molar-refractivity contribution >= 4 is 11.3 Å². The van der Waals surface area contributed by atoms with Gasteiger partial charge in [0, 0.05) is 18.9 Å². The zero-order chi connectivity index (χ0) is 16.2. The van der Waals surface area contributed by atoms with E-state index in [2.05, 4.69) is 10.3 Å². The molecule has 22 heavy (non-hydrogen) atoms. The molecule has 0 aliphatic rings. The van der Waals surface area contributed by atoms with Crippen LogP contribution in [0.15, 0.2) is 41.4 Å². The summed E-state index contributed by atoms with van der Waals surface area (Å²) >= 11 is 1.39. The summed E-state index contributed by atoms with van der Waals surface area (Å²) in [7, 11) is 0. The van der Waals surface area contributed by atoms with Crippen molar-refractivity contribution in [3.63, 3.8) is 0 Å². The fourth-order valence-corrected chi connectivity index (χ4v) is 2.84. The van der Waals surface area contributed by atoms with Gasteiger partial charge in [0.15, 0.2) is 0 Å². The Bertz CT molecular complexity index is 570. The maximum Gasteiger partial charge on any atom is 0.404 e. The Kier molecular flexibility index (Phi) is 5.20. The number of alkyl halides is 3. The van der Waals surface area contributed by atoms with Gasteiger partial charge in [0.1, 0.15) is 6.04 Å². The van der Waals surface area contributed by atoms with E-state index in [-0.39, 0.29) is 13.0 Å². The van der Waals surface area contributed by atoms with Crippen LogP contribution in [0, 0.1) is 0 Å². The van der Waals surface area contributed by atoms with Crippen LogP contribution in [0.5, 0.6) is 0 Å². The summed E-state index contributed by atoms with van der Waals surface area (Å²) in [6.07, 6.45) is -1.67. The number of pyridine rings is 1. The lowest BCUT2D eigenvalue weighted by Crippen LogP contribution is -2.48. The minimum atomic E-state index is -4.39. The lowest BCUT2D eigenvalue weighted by Gasteiger charge is -2.28. The van der Waals surface area contributed by atoms with E-state index < -0.39 is 17.8 Å². The molecular formula is C15H17F3N2OS. The number of thiophene rings is 1. The van der Waals surface area contributed by atoms with Crippen molar-refractivity contribution in [2.75, 3.05) is 6.54 Å². The Morgan fingerprint density at radius 1 is 1.27 bits per heavy atom. The average Bonchev–Trinajstić information content (AvgIpc) is 2.98. The zero-order valence-electron chi connectivity index (χ0n) is 12.0. The van der Waals surface area contributed by atoms with Gasteiger partial charge < -0.3 is 10.4 Å². The summed E-state index contributed by atoms with van der Waals surface area (Å²) in [6, 6.07) is 3.09. The van der Waals surface area contributed by atoms with E-state index in [9.17, 15) is 18.3 Å². The minimum absolute atomic E-state index is 0.182. The highest BCUT2D eigenvalue weighted by Crippen LogP contribution is 2.26. The molecule has 2 aromatic heterocycles. The molecular weight excluding hydrogens is 313 g/mol. The number of rotatable bonds is 6. The molecule has 2 heterocycles. The third kappa shape index (κ3) is 4.53. The molecule has 7 heteroatoms. The Morgan fingerprint density at radius 3 is 2.50 bits per heavy atom. The van der Waals surface area contributed by atoms with Gasteiger partial charge in [-0.25, -0.2) is 0 Å². The van der Waals surface area contributed by atoms with E-state index in [0.29, 0.717) is 11.1 Å². The highest BCUT2D eigenvalue weighted by atomic mass is 32.1. The molecule has 2 atom stereocenters. The van der Waals surface area contributed by atoms with Crippen LogP contribution in [0.3, 0.4) is 0 Å². The molecule has 2 unspecified atom stereocenters. The van der Waals surface area contributed by atoms with E-state index in [1.165, 1.54) is 30.7 Å². The first kappa shape index (κ1) is 16.9. The van der Waals surface area contributed by atoms with E-state index in [1.807, 2.05) is 0 Å². The van der Waals surface area contributed by atoms with Crippen molar-refractivity contribution in [3.8, 4) is 0 Å². The van der Waals surface area contributed by atoms with Gasteiger partial charge in [0.2, 0.25) is 0 Å². The molecule has 0 aromatic carbocycles. The summed E-state index contributed by atoms with van der Waals surface area (Å²) in [6.45, 7) is 1.32. The fourth-order valence-electron chi connectivity index (χ4n) is 2.05. The second-order valence-electron chi connectivity index (χ2n) is 5.32. The smallest absolute Gasteiger partial charge is 0.384 e. The van der Waals surface area contributed by atoms with E-state index >= 15 is 0 Å². The quantitative estimate of drug-likeness (QED) is 0.855. The Hall–Kier alpha value is -1.44. The molecule has 0 saturated heterocycles. The van der Waals surface area contributed by atoms with Crippen molar-refractivity contribution in [3.05, 3.63) is 52.5 Å². The van der Waals surface area contributed by atoms with Crippen LogP contribution in [0.1, 0.15) is 18.1 Å². The van der Waals surface area contributed by atoms with Gasteiger partial charge >= 0.3 is 6.18 Å². The molecule has 0 amide bonds. The third-order valence-corrected chi connectivity index (χ3v) is 4.10. The highest BCUT2D eigenvalue weighted by molar-refractivity contribution is 7.08. The van der Waals surface area contributed by atoms with E-state index in [4.69, 9.17) is 0 Å². The Morgan fingerprint density at radius 2 is 1.95 bits per heavy atom. The maximum absolute atomic E-state index is 13.2. The van der Waals surface area contributed by atoms with Crippen molar-refractivity contribution in [1.29, 1.82) is 0 Å². The first-order chi connectivity index (χ1) is 10.3. The van der Waals surface area contributed by atoms with Gasteiger partial charge in [-0.15, -0.1) is 0 Å². The van der Waals surface area contributed by atoms with Crippen LogP contribution < -0.4 is 5.32 Å². The fraction of sp³-hybridized carbons (Fsp3) is 0.400. The maximum atomic E-state index is 13.2. The molecule has 120 valence electrons. The average molecular weight is 330 g/mol. The summed E-state index contributed by atoms with van der Waals surface area (Å²) in [4.78, 5) is 3.79. The summed E-state index contributed by atoms with van der Waals surface area (Å²) in [5, 5.41) is 16.3. The van der Waals surface area contributed by atoms with Crippen LogP contribution >= 0.6 is 11.3 Å². The predicted octanol–water partition coefficient (Wildman–Crippen LogP) is 3.11. The molecule has 2 aromatic rings. The normalized spacial score (nSPS) is 16.2. The van der Waals surface area contributed by atoms with Gasteiger partial charge in [-0.1, -0.05) is 0 Å². The topological polar surface area (TPSA) is 45.1 Å². The van der Waals surface area contributed by atoms with Crippen LogP contribution in [-0.2, 0) is 12.0 Å². The lowest BCUT2D eigenvalue weighted by atomic mass is 9.98. The van der Waals surface area contributed by atoms with Crippen LogP contribution in [0.25, 0.3) is 0 Å². The monoisotopic (exact) mass is 330 g/mol. The molecule has 0 aliphatic heterocycles. The summed E-state index contributed by atoms with van der Waals surface area (Å²) < 4.78 is 39.5. The summed E-state index contributed by atoms with van der Waals surface area (Å²) in [5.41, 5.74) is -0.197. The molecule has 0 aliphatic carbocycles. The first-order valence-electron chi connectivity index (χ1n) is 6.73. The van der Waals surface area contributed by atoms with Crippen molar-refractivity contribution in [2.24, 2.45) is 0 Å². The molecule has 0 fully saturated rings. The highest BCUT2D eigenvalue weighted by Gasteiger charge is 2.40. The molecule has 2 N–H and O–H groups in total. The van der Waals surface area contributed by atoms with Gasteiger partial charge in [-0.2, -0.15) is 24.5 Å². The van der Waals surface area contributed by atoms with Crippen molar-refractivity contribution in [2.45, 2.75) is 31.2 Å². The van der Waals surface area contributed by atoms with Gasteiger partial charge in [0.25, 0.3) is 0 Å². The number of hydrogen-bond acceptors (Lipinski definition) is 4. The van der Waals surface area contributed by atoms with Gasteiger partial charge in [-0.3, -0.25) is 4.98 Å². The number of aliphatic hydroxyl groups is 1. The summed E-state index contributed by atoms with van der Waals surface area (Å²) in [5.74, 6) is 0. The second-order valence-corrected chi connectivity index (χ2v) is 6.10. The number of nitrogens with zero attached hydrogens (tertiary/aromatic N) is 1. The third-order valence-electron chi connectivity index (χ3n) is 3.42. The van der Waals surface area contributed by atoms with E-state index in [1.54, 1.807) is 29.0 Å². The standard InChI is InChI=1S/C15H17F3N2OS/c1-14(21,12-4-7-22-9-12)10-20-13(15(16,17)18)8-11-2-5-19-6-3-11/h2-7,9,13,20-21H,8,10H2,1H3. The molecule has 2 rings (SSSR count). The molecule has 3 nitrogen and oxygen atoms in total. The van der Waals surface area contributed by atoms with Gasteiger partial charge in [-0.05, 0) is 53.4 Å². The van der Waals surface area contributed by atoms with Crippen molar-refractivity contribution in [1.82, 2.24) is 10.3 Å². The number of halogens is 3. The first-order valence-corrected chi connectivity index (χ1v) is 7.67. The van der Waals surface area contributed by atoms with Crippen molar-refractivity contribution < 1.29 is 18.3 Å². The number of hydrogen-bond donors (Lipinski definition) is 2. The molecule has 0 bridgehead atoms. The molecule has 0 spiro atoms. The number of nitrogens with one attached hydrogen (secondary N) is 1. The van der Waals surface area contributed by atoms with E-state index in [0.717, 1.165) is 0 Å². The van der Waals surface area contributed by atoms with Crippen LogP contribution in [0.2, 0.25) is 0 Å². The molecule has 0 saturated carbocycles. The number of aromatic nitrogens is 1. The second kappa shape index (κ2) is 6.76. The Labute approximate surface area is 130 Å². The Balaban J connectivity index is 2.05. The minimum Gasteiger partial charge on any atom is -0.384 e. The SMILES string of the molecule is CC(O)(CNC(Cc1ccncc1)C(F)(F)F)c1ccsc1. The van der Waals surface area contributed by atoms with Gasteiger partial charge in [0.05, 0.1) is 5.60 Å². The predicted molar refractivity (Wildman–Crippen MR) is 79.7 cm³/mol. The molecule has 0 radical (unpaired) electrons. The van der Waals surface area contributed by atoms with Crippen LogP contribution in [0.4, 0.5) is 13.2 Å².